The van der Waals surface area contributed by atoms with E-state index in [4.69, 9.17) is 4.74 Å². The van der Waals surface area contributed by atoms with Gasteiger partial charge >= 0.3 is 5.97 Å². The van der Waals surface area contributed by atoms with Crippen LogP contribution in [0.2, 0.25) is 0 Å². The largest absolute Gasteiger partial charge is 0.478 e. The molecule has 198 valence electrons. The second-order valence-electron chi connectivity index (χ2n) is 11.2. The summed E-state index contributed by atoms with van der Waals surface area (Å²) in [5.74, 6) is 0.630. The summed E-state index contributed by atoms with van der Waals surface area (Å²) in [7, 11) is 0. The van der Waals surface area contributed by atoms with Gasteiger partial charge in [-0.1, -0.05) is 36.4 Å². The number of H-pyrrole nitrogens is 1. The number of carboxylic acid groups (broad SMARTS) is 1. The molecule has 0 spiro atoms. The lowest BCUT2D eigenvalue weighted by Crippen LogP contribution is -2.36. The molecule has 2 N–H and O–H groups in total. The molecule has 1 saturated heterocycles. The van der Waals surface area contributed by atoms with Crippen LogP contribution < -0.4 is 4.74 Å². The van der Waals surface area contributed by atoms with Gasteiger partial charge < -0.3 is 14.8 Å². The van der Waals surface area contributed by atoms with Gasteiger partial charge in [-0.2, -0.15) is 0 Å². The molecule has 0 radical (unpaired) electrons. The Labute approximate surface area is 228 Å². The van der Waals surface area contributed by atoms with Crippen LogP contribution in [0.25, 0.3) is 16.6 Å². The van der Waals surface area contributed by atoms with Crippen molar-refractivity contribution < 1.29 is 14.6 Å². The van der Waals surface area contributed by atoms with E-state index >= 15 is 0 Å². The van der Waals surface area contributed by atoms with Crippen molar-refractivity contribution in [3.05, 3.63) is 95.3 Å². The Kier molecular flexibility index (Phi) is 6.20. The predicted octanol–water partition coefficient (Wildman–Crippen LogP) is 7.70. The quantitative estimate of drug-likeness (QED) is 0.261. The van der Waals surface area contributed by atoms with Gasteiger partial charge in [-0.25, -0.2) is 9.78 Å². The first-order valence-corrected chi connectivity index (χ1v) is 14.2. The van der Waals surface area contributed by atoms with Crippen LogP contribution in [0.5, 0.6) is 11.5 Å². The number of carbonyl (C=O) groups is 1. The first-order valence-electron chi connectivity index (χ1n) is 14.2. The lowest BCUT2D eigenvalue weighted by Gasteiger charge is -2.36. The Balaban J connectivity index is 1.11. The summed E-state index contributed by atoms with van der Waals surface area (Å²) in [4.78, 5) is 22.2. The topological polar surface area (TPSA) is 78.4 Å². The number of pyridine rings is 1. The Bertz CT molecular complexity index is 1570. The number of allylic oxidation sites excluding steroid dienone is 1. The van der Waals surface area contributed by atoms with Crippen molar-refractivity contribution in [1.29, 1.82) is 0 Å². The number of likely N-dealkylation sites (tertiary alicyclic amines) is 1. The molecule has 3 aliphatic rings. The molecule has 2 fully saturated rings. The number of aromatic carboxylic acids is 1. The van der Waals surface area contributed by atoms with Crippen LogP contribution in [0.3, 0.4) is 0 Å². The van der Waals surface area contributed by atoms with Crippen LogP contribution in [-0.2, 0) is 0 Å². The van der Waals surface area contributed by atoms with Crippen LogP contribution in [0.1, 0.15) is 84.0 Å². The minimum absolute atomic E-state index is 0.149. The van der Waals surface area contributed by atoms with Crippen LogP contribution >= 0.6 is 0 Å². The number of benzene rings is 2. The number of carboxylic acids is 1. The number of ether oxygens (including phenoxy) is 1. The number of aromatic amines is 1. The van der Waals surface area contributed by atoms with E-state index in [-0.39, 0.29) is 5.56 Å². The van der Waals surface area contributed by atoms with E-state index in [1.807, 2.05) is 30.5 Å². The maximum atomic E-state index is 12.0. The van der Waals surface area contributed by atoms with E-state index in [9.17, 15) is 9.90 Å². The molecule has 39 heavy (non-hydrogen) atoms. The van der Waals surface area contributed by atoms with E-state index in [1.165, 1.54) is 37.8 Å². The average Bonchev–Trinajstić information content (AvgIpc) is 3.50. The summed E-state index contributed by atoms with van der Waals surface area (Å²) in [6.07, 6.45) is 14.1. The highest BCUT2D eigenvalue weighted by Crippen LogP contribution is 2.47. The van der Waals surface area contributed by atoms with E-state index < -0.39 is 5.97 Å². The van der Waals surface area contributed by atoms with Crippen molar-refractivity contribution in [2.45, 2.75) is 62.9 Å². The Hall–Kier alpha value is -3.90. The van der Waals surface area contributed by atoms with E-state index in [2.05, 4.69) is 45.2 Å². The number of hydrogen-bond donors (Lipinski definition) is 2. The highest BCUT2D eigenvalue weighted by molar-refractivity contribution is 5.92. The fourth-order valence-electron chi connectivity index (χ4n) is 6.61. The third kappa shape index (κ3) is 4.74. The van der Waals surface area contributed by atoms with Gasteiger partial charge in [0.05, 0.1) is 6.20 Å². The number of aromatic nitrogens is 2. The monoisotopic (exact) mass is 519 g/mol. The smallest absolute Gasteiger partial charge is 0.339 e. The molecule has 2 aromatic carbocycles. The van der Waals surface area contributed by atoms with Gasteiger partial charge in [0.25, 0.3) is 0 Å². The molecule has 3 heterocycles. The number of fused-ring (bicyclic) bond motifs is 1. The van der Waals surface area contributed by atoms with Gasteiger partial charge in [0.1, 0.15) is 22.7 Å². The molecule has 2 aliphatic carbocycles. The summed E-state index contributed by atoms with van der Waals surface area (Å²) in [6, 6.07) is 19.5. The Morgan fingerprint density at radius 1 is 1.03 bits per heavy atom. The molecule has 2 aromatic heterocycles. The Morgan fingerprint density at radius 3 is 2.69 bits per heavy atom. The molecule has 0 bridgehead atoms. The maximum absolute atomic E-state index is 12.0. The highest BCUT2D eigenvalue weighted by atomic mass is 16.5. The number of rotatable bonds is 7. The fourth-order valence-corrected chi connectivity index (χ4v) is 6.61. The van der Waals surface area contributed by atoms with Crippen LogP contribution in [-0.4, -0.2) is 38.5 Å². The SMILES string of the molecule is O=C(O)c1ccc(C2=CCC(N3CCC[C@H]3c3ccccc3C3CC3)CC2)cc1Oc1cnc2[nH]ccc2c1. The van der Waals surface area contributed by atoms with Gasteiger partial charge in [0.15, 0.2) is 0 Å². The minimum atomic E-state index is -1.00. The summed E-state index contributed by atoms with van der Waals surface area (Å²) in [5.41, 5.74) is 6.36. The molecule has 6 nitrogen and oxygen atoms in total. The molecule has 1 aliphatic heterocycles. The van der Waals surface area contributed by atoms with Crippen molar-refractivity contribution in [2.75, 3.05) is 6.54 Å². The number of nitrogens with one attached hydrogen (secondary N) is 1. The second kappa shape index (κ2) is 10.0. The lowest BCUT2D eigenvalue weighted by molar-refractivity contribution is 0.0694. The molecule has 6 heteroatoms. The first kappa shape index (κ1) is 24.2. The third-order valence-corrected chi connectivity index (χ3v) is 8.70. The normalized spacial score (nSPS) is 21.7. The van der Waals surface area contributed by atoms with Crippen LogP contribution in [0, 0.1) is 0 Å². The molecule has 2 atom stereocenters. The lowest BCUT2D eigenvalue weighted by atomic mass is 9.88. The molecule has 4 aromatic rings. The van der Waals surface area contributed by atoms with E-state index in [0.29, 0.717) is 23.6 Å². The van der Waals surface area contributed by atoms with E-state index in [1.54, 1.807) is 23.4 Å². The molecule has 1 unspecified atom stereocenters. The Morgan fingerprint density at radius 2 is 1.90 bits per heavy atom. The van der Waals surface area contributed by atoms with Gasteiger partial charge in [0, 0.05) is 23.7 Å². The zero-order valence-electron chi connectivity index (χ0n) is 22.0. The van der Waals surface area contributed by atoms with E-state index in [0.717, 1.165) is 41.8 Å². The summed E-state index contributed by atoms with van der Waals surface area (Å²) >= 11 is 0. The molecule has 7 rings (SSSR count). The highest BCUT2D eigenvalue weighted by Gasteiger charge is 2.36. The van der Waals surface area contributed by atoms with Gasteiger partial charge in [0.2, 0.25) is 0 Å². The zero-order chi connectivity index (χ0) is 26.3. The van der Waals surface area contributed by atoms with Crippen molar-refractivity contribution in [3.8, 4) is 11.5 Å². The number of nitrogens with zero attached hydrogens (tertiary/aromatic N) is 2. The molecular formula is C33H33N3O3. The van der Waals surface area contributed by atoms with Crippen molar-refractivity contribution in [2.24, 2.45) is 0 Å². The fraction of sp³-hybridized carbons (Fsp3) is 0.333. The van der Waals surface area contributed by atoms with Gasteiger partial charge in [-0.3, -0.25) is 4.90 Å². The predicted molar refractivity (Wildman–Crippen MR) is 152 cm³/mol. The maximum Gasteiger partial charge on any atom is 0.339 e. The third-order valence-electron chi connectivity index (χ3n) is 8.70. The zero-order valence-corrected chi connectivity index (χ0v) is 22.0. The van der Waals surface area contributed by atoms with Gasteiger partial charge in [-0.05, 0) is 104 Å². The second-order valence-corrected chi connectivity index (χ2v) is 11.2. The molecular weight excluding hydrogens is 486 g/mol. The summed E-state index contributed by atoms with van der Waals surface area (Å²) in [6.45, 7) is 1.17. The van der Waals surface area contributed by atoms with Gasteiger partial charge in [-0.15, -0.1) is 0 Å². The summed E-state index contributed by atoms with van der Waals surface area (Å²) < 4.78 is 6.09. The minimum Gasteiger partial charge on any atom is -0.478 e. The molecule has 0 amide bonds. The van der Waals surface area contributed by atoms with Crippen molar-refractivity contribution >= 4 is 22.6 Å². The number of hydrogen-bond acceptors (Lipinski definition) is 4. The standard InChI is InChI=1S/C33H33N3O3/c37-33(38)29-14-11-23(19-31(29)39-26-18-24-15-16-34-32(24)35-20-26)21-9-12-25(13-10-21)36-17-3-6-30(36)28-5-2-1-4-27(28)22-7-8-22/h1-2,4-5,9,11,14-16,18-20,22,25,30H,3,6-8,10,12-13,17H2,(H,34,35)(H,37,38)/t25?,30-/m0/s1. The van der Waals surface area contributed by atoms with Crippen molar-refractivity contribution in [1.82, 2.24) is 14.9 Å². The summed E-state index contributed by atoms with van der Waals surface area (Å²) in [5, 5.41) is 10.7. The van der Waals surface area contributed by atoms with Crippen molar-refractivity contribution in [3.63, 3.8) is 0 Å². The van der Waals surface area contributed by atoms with Crippen LogP contribution in [0.15, 0.2) is 73.1 Å². The average molecular weight is 520 g/mol. The molecule has 1 saturated carbocycles. The first-order chi connectivity index (χ1) is 19.1. The van der Waals surface area contributed by atoms with Crippen LogP contribution in [0.4, 0.5) is 0 Å².